The van der Waals surface area contributed by atoms with E-state index >= 15 is 0 Å². The normalized spacial score (nSPS) is 11.8. The summed E-state index contributed by atoms with van der Waals surface area (Å²) in [5.74, 6) is 0.320. The zero-order valence-electron chi connectivity index (χ0n) is 23.9. The maximum atomic E-state index is 14.0. The number of rotatable bonds is 12. The van der Waals surface area contributed by atoms with Crippen molar-refractivity contribution in [2.24, 2.45) is 0 Å². The number of para-hydroxylation sites is 1. The molecule has 0 saturated heterocycles. The van der Waals surface area contributed by atoms with Crippen LogP contribution in [0, 0.1) is 6.92 Å². The minimum atomic E-state index is -4.15. The van der Waals surface area contributed by atoms with Crippen LogP contribution in [0.25, 0.3) is 0 Å². The van der Waals surface area contributed by atoms with Gasteiger partial charge in [-0.15, -0.1) is 0 Å². The fourth-order valence-electron chi connectivity index (χ4n) is 4.43. The van der Waals surface area contributed by atoms with Crippen LogP contribution in [0.4, 0.5) is 5.69 Å². The Kier molecular flexibility index (Phi) is 9.98. The maximum absolute atomic E-state index is 14.0. The summed E-state index contributed by atoms with van der Waals surface area (Å²) in [6.45, 7) is 5.42. The molecular formula is C33H35N3O5S. The summed E-state index contributed by atoms with van der Waals surface area (Å²) in [5.41, 5.74) is 2.11. The molecule has 8 nitrogen and oxygen atoms in total. The third kappa shape index (κ3) is 7.36. The van der Waals surface area contributed by atoms with E-state index in [0.717, 1.165) is 15.4 Å². The highest BCUT2D eigenvalue weighted by Gasteiger charge is 2.32. The fraction of sp³-hybridized carbons (Fsp3) is 0.212. The van der Waals surface area contributed by atoms with Crippen molar-refractivity contribution in [3.63, 3.8) is 0 Å². The number of benzene rings is 4. The molecule has 0 bridgehead atoms. The Labute approximate surface area is 247 Å². The zero-order chi connectivity index (χ0) is 30.1. The third-order valence-corrected chi connectivity index (χ3v) is 8.62. The molecule has 0 aliphatic rings. The van der Waals surface area contributed by atoms with E-state index in [1.165, 1.54) is 17.0 Å². The van der Waals surface area contributed by atoms with E-state index in [2.05, 4.69) is 5.32 Å². The number of amides is 2. The van der Waals surface area contributed by atoms with Crippen molar-refractivity contribution < 1.29 is 22.7 Å². The van der Waals surface area contributed by atoms with E-state index in [1.807, 2.05) is 61.5 Å². The quantitative estimate of drug-likeness (QED) is 0.236. The molecule has 42 heavy (non-hydrogen) atoms. The van der Waals surface area contributed by atoms with Gasteiger partial charge in [-0.2, -0.15) is 0 Å². The molecule has 0 aliphatic carbocycles. The molecule has 1 N–H and O–H groups in total. The van der Waals surface area contributed by atoms with Crippen molar-refractivity contribution in [1.29, 1.82) is 0 Å². The molecule has 0 unspecified atom stereocenters. The number of nitrogens with one attached hydrogen (secondary N) is 1. The van der Waals surface area contributed by atoms with Gasteiger partial charge in [0.25, 0.3) is 10.0 Å². The zero-order valence-corrected chi connectivity index (χ0v) is 24.8. The highest BCUT2D eigenvalue weighted by Crippen LogP contribution is 2.28. The highest BCUT2D eigenvalue weighted by atomic mass is 32.2. The highest BCUT2D eigenvalue weighted by molar-refractivity contribution is 7.92. The molecule has 9 heteroatoms. The number of ether oxygens (including phenoxy) is 1. The smallest absolute Gasteiger partial charge is 0.264 e. The van der Waals surface area contributed by atoms with E-state index in [-0.39, 0.29) is 23.0 Å². The second-order valence-corrected chi connectivity index (χ2v) is 11.6. The number of likely N-dealkylation sites (N-methyl/N-ethyl adjacent to an activating group) is 1. The van der Waals surface area contributed by atoms with Gasteiger partial charge in [0.15, 0.2) is 0 Å². The Morgan fingerprint density at radius 2 is 1.38 bits per heavy atom. The molecule has 0 aliphatic heterocycles. The van der Waals surface area contributed by atoms with Crippen LogP contribution in [0.3, 0.4) is 0 Å². The Morgan fingerprint density at radius 3 is 2.00 bits per heavy atom. The van der Waals surface area contributed by atoms with Crippen LogP contribution in [0.5, 0.6) is 11.5 Å². The number of carbonyl (C=O) groups excluding carboxylic acids is 2. The summed E-state index contributed by atoms with van der Waals surface area (Å²) in [7, 11) is -4.15. The molecule has 0 radical (unpaired) electrons. The van der Waals surface area contributed by atoms with Gasteiger partial charge in [-0.05, 0) is 80.4 Å². The van der Waals surface area contributed by atoms with Crippen LogP contribution < -0.4 is 14.4 Å². The van der Waals surface area contributed by atoms with Crippen LogP contribution in [0.1, 0.15) is 25.0 Å². The largest absolute Gasteiger partial charge is 0.457 e. The van der Waals surface area contributed by atoms with Crippen molar-refractivity contribution in [2.45, 2.75) is 38.3 Å². The van der Waals surface area contributed by atoms with Gasteiger partial charge in [0.2, 0.25) is 11.8 Å². The Balaban J connectivity index is 1.69. The van der Waals surface area contributed by atoms with Gasteiger partial charge < -0.3 is 15.0 Å². The van der Waals surface area contributed by atoms with Crippen LogP contribution >= 0.6 is 0 Å². The average Bonchev–Trinajstić information content (AvgIpc) is 3.00. The molecule has 4 rings (SSSR count). The first-order valence-electron chi connectivity index (χ1n) is 13.7. The molecule has 1 atom stereocenters. The standard InChI is InChI=1S/C33H35N3O5S/c1-4-34-33(38)26(3)35(23-27-14-12-11-13-25(27)2)32(37)24-36(42(39,40)31-17-9-6-10-18-31)28-19-21-30(22-20-28)41-29-15-7-5-8-16-29/h5-22,26H,4,23-24H2,1-3H3,(H,34,38)/t26-/m1/s1. The van der Waals surface area contributed by atoms with Gasteiger partial charge >= 0.3 is 0 Å². The van der Waals surface area contributed by atoms with Gasteiger partial charge in [0.1, 0.15) is 24.1 Å². The first-order chi connectivity index (χ1) is 20.2. The number of hydrogen-bond donors (Lipinski definition) is 1. The number of carbonyl (C=O) groups is 2. The van der Waals surface area contributed by atoms with Gasteiger partial charge in [-0.1, -0.05) is 60.7 Å². The first kappa shape index (κ1) is 30.3. The molecule has 0 saturated carbocycles. The lowest BCUT2D eigenvalue weighted by Gasteiger charge is -2.32. The van der Waals surface area contributed by atoms with Crippen molar-refractivity contribution in [2.75, 3.05) is 17.4 Å². The van der Waals surface area contributed by atoms with Crippen molar-refractivity contribution in [3.05, 3.63) is 120 Å². The number of hydrogen-bond acceptors (Lipinski definition) is 5. The third-order valence-electron chi connectivity index (χ3n) is 6.83. The van der Waals surface area contributed by atoms with E-state index in [9.17, 15) is 18.0 Å². The summed E-state index contributed by atoms with van der Waals surface area (Å²) in [6.07, 6.45) is 0. The van der Waals surface area contributed by atoms with E-state index in [4.69, 9.17) is 4.74 Å². The summed E-state index contributed by atoms with van der Waals surface area (Å²) >= 11 is 0. The lowest BCUT2D eigenvalue weighted by molar-refractivity contribution is -0.139. The van der Waals surface area contributed by atoms with Crippen molar-refractivity contribution in [1.82, 2.24) is 10.2 Å². The van der Waals surface area contributed by atoms with Crippen LogP contribution in [-0.2, 0) is 26.2 Å². The minimum Gasteiger partial charge on any atom is -0.457 e. The molecular weight excluding hydrogens is 550 g/mol. The molecule has 2 amide bonds. The van der Waals surface area contributed by atoms with Crippen molar-refractivity contribution >= 4 is 27.5 Å². The monoisotopic (exact) mass is 585 g/mol. The van der Waals surface area contributed by atoms with Crippen LogP contribution in [-0.4, -0.2) is 44.3 Å². The average molecular weight is 586 g/mol. The van der Waals surface area contributed by atoms with Gasteiger partial charge in [0.05, 0.1) is 10.6 Å². The van der Waals surface area contributed by atoms with Crippen LogP contribution in [0.2, 0.25) is 0 Å². The lowest BCUT2D eigenvalue weighted by atomic mass is 10.1. The van der Waals surface area contributed by atoms with E-state index in [1.54, 1.807) is 56.3 Å². The van der Waals surface area contributed by atoms with E-state index in [0.29, 0.717) is 18.0 Å². The first-order valence-corrected chi connectivity index (χ1v) is 15.2. The predicted octanol–water partition coefficient (Wildman–Crippen LogP) is 5.54. The molecule has 0 aromatic heterocycles. The molecule has 4 aromatic carbocycles. The predicted molar refractivity (Wildman–Crippen MR) is 164 cm³/mol. The summed E-state index contributed by atoms with van der Waals surface area (Å²) in [4.78, 5) is 28.3. The molecule has 218 valence electrons. The molecule has 4 aromatic rings. The minimum absolute atomic E-state index is 0.0460. The molecule has 0 fully saturated rings. The second-order valence-electron chi connectivity index (χ2n) is 9.75. The van der Waals surface area contributed by atoms with E-state index < -0.39 is 28.5 Å². The Hall–Kier alpha value is -4.63. The van der Waals surface area contributed by atoms with Crippen molar-refractivity contribution in [3.8, 4) is 11.5 Å². The Bertz CT molecular complexity index is 1590. The van der Waals surface area contributed by atoms with Gasteiger partial charge in [0, 0.05) is 13.1 Å². The lowest BCUT2D eigenvalue weighted by Crippen LogP contribution is -2.51. The Morgan fingerprint density at radius 1 is 0.810 bits per heavy atom. The van der Waals surface area contributed by atoms with Gasteiger partial charge in [-0.3, -0.25) is 13.9 Å². The topological polar surface area (TPSA) is 96.0 Å². The number of aryl methyl sites for hydroxylation is 1. The van der Waals surface area contributed by atoms with Gasteiger partial charge in [-0.25, -0.2) is 8.42 Å². The number of anilines is 1. The summed E-state index contributed by atoms with van der Waals surface area (Å²) < 4.78 is 34.8. The maximum Gasteiger partial charge on any atom is 0.264 e. The fourth-order valence-corrected chi connectivity index (χ4v) is 5.86. The SMILES string of the molecule is CCNC(=O)[C@@H](C)N(Cc1ccccc1C)C(=O)CN(c1ccc(Oc2ccccc2)cc1)S(=O)(=O)c1ccccc1. The number of nitrogens with zero attached hydrogens (tertiary/aromatic N) is 2. The molecule has 0 spiro atoms. The molecule has 0 heterocycles. The summed E-state index contributed by atoms with van der Waals surface area (Å²) in [6, 6.07) is 30.5. The second kappa shape index (κ2) is 13.8. The number of sulfonamides is 1. The van der Waals surface area contributed by atoms with Crippen LogP contribution in [0.15, 0.2) is 114 Å². The summed E-state index contributed by atoms with van der Waals surface area (Å²) in [5, 5.41) is 2.77.